The van der Waals surface area contributed by atoms with Crippen LogP contribution in [-0.2, 0) is 5.41 Å². The van der Waals surface area contributed by atoms with Gasteiger partial charge in [0.15, 0.2) is 5.78 Å². The molecule has 0 radical (unpaired) electrons. The predicted molar refractivity (Wildman–Crippen MR) is 106 cm³/mol. The van der Waals surface area contributed by atoms with Crippen LogP contribution in [0.15, 0.2) is 36.4 Å². The molecule has 1 aliphatic carbocycles. The summed E-state index contributed by atoms with van der Waals surface area (Å²) in [7, 11) is 0. The van der Waals surface area contributed by atoms with Crippen molar-refractivity contribution in [1.82, 2.24) is 10.3 Å². The van der Waals surface area contributed by atoms with E-state index in [2.05, 4.69) is 16.4 Å². The molecule has 2 aromatic carbocycles. The Labute approximate surface area is 162 Å². The van der Waals surface area contributed by atoms with E-state index >= 15 is 0 Å². The minimum absolute atomic E-state index is 0.0748. The highest BCUT2D eigenvalue weighted by molar-refractivity contribution is 6.20. The molecule has 1 aromatic heterocycles. The van der Waals surface area contributed by atoms with Crippen molar-refractivity contribution in [1.29, 1.82) is 5.26 Å². The molecule has 4 N–H and O–H groups in total. The van der Waals surface area contributed by atoms with Crippen molar-refractivity contribution in [2.75, 3.05) is 13.1 Å². The average molecular weight is 372 g/mol. The van der Waals surface area contributed by atoms with Crippen LogP contribution < -0.4 is 11.1 Å². The topological polar surface area (TPSA) is 112 Å². The molecule has 6 heteroatoms. The summed E-state index contributed by atoms with van der Waals surface area (Å²) in [5.41, 5.74) is 9.58. The lowest BCUT2D eigenvalue weighted by atomic mass is 9.71. The summed E-state index contributed by atoms with van der Waals surface area (Å²) in [4.78, 5) is 29.0. The van der Waals surface area contributed by atoms with Gasteiger partial charge in [-0.05, 0) is 35.9 Å². The summed E-state index contributed by atoms with van der Waals surface area (Å²) in [6.45, 7) is 4.81. The summed E-state index contributed by atoms with van der Waals surface area (Å²) < 4.78 is 0. The largest absolute Gasteiger partial charge is 0.357 e. The monoisotopic (exact) mass is 372 g/mol. The van der Waals surface area contributed by atoms with E-state index in [4.69, 9.17) is 11.0 Å². The molecule has 0 spiro atoms. The number of carbonyl (C=O) groups excluding carboxylic acids is 2. The third kappa shape index (κ3) is 2.52. The maximum Gasteiger partial charge on any atom is 0.251 e. The first-order valence-electron chi connectivity index (χ1n) is 9.12. The van der Waals surface area contributed by atoms with Gasteiger partial charge < -0.3 is 16.0 Å². The summed E-state index contributed by atoms with van der Waals surface area (Å²) in [6, 6.07) is 12.6. The van der Waals surface area contributed by atoms with Crippen molar-refractivity contribution in [3.05, 3.63) is 69.9 Å². The zero-order chi connectivity index (χ0) is 20.1. The molecule has 0 unspecified atom stereocenters. The highest BCUT2D eigenvalue weighted by atomic mass is 16.1. The molecule has 0 aliphatic heterocycles. The Hall–Kier alpha value is -3.43. The Bertz CT molecular complexity index is 1180. The summed E-state index contributed by atoms with van der Waals surface area (Å²) in [5.74, 6) is -0.285. The number of hydrogen-bond donors (Lipinski definition) is 3. The SMILES string of the molecule is CC1(C)c2cc(C(=O)NCCN)ccc2C(=O)c2c1[nH]c1cc(C#N)ccc21. The number of nitrogens with zero attached hydrogens (tertiary/aromatic N) is 1. The highest BCUT2D eigenvalue weighted by Crippen LogP contribution is 2.43. The van der Waals surface area contributed by atoms with Gasteiger partial charge in [0.1, 0.15) is 0 Å². The zero-order valence-corrected chi connectivity index (χ0v) is 15.7. The van der Waals surface area contributed by atoms with Gasteiger partial charge >= 0.3 is 0 Å². The van der Waals surface area contributed by atoms with Crippen LogP contribution in [0.3, 0.4) is 0 Å². The van der Waals surface area contributed by atoms with E-state index in [0.717, 1.165) is 22.2 Å². The number of hydrogen-bond acceptors (Lipinski definition) is 4. The van der Waals surface area contributed by atoms with Crippen LogP contribution in [0.2, 0.25) is 0 Å². The van der Waals surface area contributed by atoms with Crippen molar-refractivity contribution in [2.45, 2.75) is 19.3 Å². The number of nitrogens with two attached hydrogens (primary N) is 1. The van der Waals surface area contributed by atoms with Crippen molar-refractivity contribution in [3.63, 3.8) is 0 Å². The molecule has 1 aliphatic rings. The molecule has 140 valence electrons. The first-order chi connectivity index (χ1) is 13.4. The minimum Gasteiger partial charge on any atom is -0.357 e. The quantitative estimate of drug-likeness (QED) is 0.656. The smallest absolute Gasteiger partial charge is 0.251 e. The second-order valence-electron chi connectivity index (χ2n) is 7.51. The minimum atomic E-state index is -0.505. The first kappa shape index (κ1) is 18.0. The Morgan fingerprint density at radius 3 is 2.75 bits per heavy atom. The third-order valence-electron chi connectivity index (χ3n) is 5.41. The van der Waals surface area contributed by atoms with E-state index in [1.165, 1.54) is 0 Å². The van der Waals surface area contributed by atoms with Gasteiger partial charge in [-0.2, -0.15) is 5.26 Å². The number of rotatable bonds is 3. The lowest BCUT2D eigenvalue weighted by Gasteiger charge is -2.32. The third-order valence-corrected chi connectivity index (χ3v) is 5.41. The Balaban J connectivity index is 1.89. The van der Waals surface area contributed by atoms with Gasteiger partial charge in [0.2, 0.25) is 0 Å². The number of ketones is 1. The van der Waals surface area contributed by atoms with E-state index in [1.807, 2.05) is 19.9 Å². The lowest BCUT2D eigenvalue weighted by molar-refractivity contribution is 0.0952. The van der Waals surface area contributed by atoms with E-state index in [9.17, 15) is 9.59 Å². The average Bonchev–Trinajstić information content (AvgIpc) is 3.10. The van der Waals surface area contributed by atoms with Crippen LogP contribution in [0, 0.1) is 11.3 Å². The van der Waals surface area contributed by atoms with Crippen molar-refractivity contribution >= 4 is 22.6 Å². The van der Waals surface area contributed by atoms with Gasteiger partial charge in [0.05, 0.1) is 17.2 Å². The summed E-state index contributed by atoms with van der Waals surface area (Å²) in [6.07, 6.45) is 0. The van der Waals surface area contributed by atoms with Gasteiger partial charge in [-0.25, -0.2) is 0 Å². The van der Waals surface area contributed by atoms with Gasteiger partial charge in [-0.1, -0.05) is 19.9 Å². The van der Waals surface area contributed by atoms with Gasteiger partial charge in [0.25, 0.3) is 5.91 Å². The number of nitrogens with one attached hydrogen (secondary N) is 2. The Morgan fingerprint density at radius 1 is 1.25 bits per heavy atom. The van der Waals surface area contributed by atoms with Crippen molar-refractivity contribution < 1.29 is 9.59 Å². The molecule has 6 nitrogen and oxygen atoms in total. The molecule has 28 heavy (non-hydrogen) atoms. The van der Waals surface area contributed by atoms with Crippen LogP contribution in [0.5, 0.6) is 0 Å². The zero-order valence-electron chi connectivity index (χ0n) is 15.7. The number of nitriles is 1. The molecule has 3 aromatic rings. The molecule has 1 heterocycles. The van der Waals surface area contributed by atoms with E-state index in [-0.39, 0.29) is 11.7 Å². The molecular formula is C22H20N4O2. The standard InChI is InChI=1S/C22H20N4O2/c1-22(2)16-10-13(21(28)25-8-7-23)4-6-14(16)19(27)18-15-5-3-12(11-24)9-17(15)26-20(18)22/h3-6,9-10,26H,7-8,23H2,1-2H3,(H,25,28). The van der Waals surface area contributed by atoms with E-state index < -0.39 is 5.41 Å². The molecular weight excluding hydrogens is 352 g/mol. The molecule has 0 saturated heterocycles. The highest BCUT2D eigenvalue weighted by Gasteiger charge is 2.39. The number of amides is 1. The lowest BCUT2D eigenvalue weighted by Crippen LogP contribution is -2.32. The Kier molecular flexibility index (Phi) is 4.06. The molecule has 4 rings (SSSR count). The predicted octanol–water partition coefficient (Wildman–Crippen LogP) is 2.60. The van der Waals surface area contributed by atoms with Crippen LogP contribution in [-0.4, -0.2) is 29.8 Å². The normalized spacial score (nSPS) is 14.3. The first-order valence-corrected chi connectivity index (χ1v) is 9.12. The molecule has 0 bridgehead atoms. The maximum absolute atomic E-state index is 13.3. The van der Waals surface area contributed by atoms with E-state index in [1.54, 1.807) is 30.3 Å². The fourth-order valence-electron chi connectivity index (χ4n) is 3.93. The second kappa shape index (κ2) is 6.32. The maximum atomic E-state index is 13.3. The van der Waals surface area contributed by atoms with E-state index in [0.29, 0.717) is 35.3 Å². The molecule has 1 amide bonds. The van der Waals surface area contributed by atoms with Crippen LogP contribution in [0.25, 0.3) is 10.9 Å². The number of carbonyl (C=O) groups is 2. The van der Waals surface area contributed by atoms with Crippen LogP contribution >= 0.6 is 0 Å². The second-order valence-corrected chi connectivity index (χ2v) is 7.51. The number of benzene rings is 2. The van der Waals surface area contributed by atoms with Gasteiger partial charge in [-0.15, -0.1) is 0 Å². The van der Waals surface area contributed by atoms with Gasteiger partial charge in [-0.3, -0.25) is 9.59 Å². The number of H-pyrrole nitrogens is 1. The Morgan fingerprint density at radius 2 is 2.04 bits per heavy atom. The summed E-state index contributed by atoms with van der Waals surface area (Å²) >= 11 is 0. The van der Waals surface area contributed by atoms with Gasteiger partial charge in [0, 0.05) is 46.2 Å². The van der Waals surface area contributed by atoms with Crippen molar-refractivity contribution in [3.8, 4) is 6.07 Å². The van der Waals surface area contributed by atoms with Crippen LogP contribution in [0.1, 0.15) is 56.9 Å². The summed E-state index contributed by atoms with van der Waals surface area (Å²) in [5, 5.41) is 12.7. The molecule has 0 atom stereocenters. The molecule has 0 saturated carbocycles. The number of aromatic nitrogens is 1. The fraction of sp³-hybridized carbons (Fsp3) is 0.227. The fourth-order valence-corrected chi connectivity index (χ4v) is 3.93. The van der Waals surface area contributed by atoms with Crippen molar-refractivity contribution in [2.24, 2.45) is 5.73 Å². The van der Waals surface area contributed by atoms with Crippen LogP contribution in [0.4, 0.5) is 0 Å². The number of aromatic amines is 1. The number of fused-ring (bicyclic) bond motifs is 4. The molecule has 0 fully saturated rings.